The Balaban J connectivity index is 2.11. The Kier molecular flexibility index (Phi) is 7.20. The molecule has 0 aromatic heterocycles. The van der Waals surface area contributed by atoms with Crippen LogP contribution in [0.3, 0.4) is 0 Å². The maximum atomic E-state index is 14.3. The van der Waals surface area contributed by atoms with Gasteiger partial charge in [0, 0.05) is 29.5 Å². The molecule has 0 radical (unpaired) electrons. The minimum atomic E-state index is -1.18. The summed E-state index contributed by atoms with van der Waals surface area (Å²) in [5.74, 6) is -2.40. The molecule has 136 valence electrons. The molecule has 0 spiro atoms. The van der Waals surface area contributed by atoms with Crippen molar-refractivity contribution in [1.82, 2.24) is 4.31 Å². The lowest BCUT2D eigenvalue weighted by Gasteiger charge is -2.32. The minimum absolute atomic E-state index is 0.123. The van der Waals surface area contributed by atoms with Crippen LogP contribution in [0.25, 0.3) is 0 Å². The molecule has 1 unspecified atom stereocenters. The summed E-state index contributed by atoms with van der Waals surface area (Å²) in [5, 5.41) is 9.06. The fraction of sp³-hybridized carbons (Fsp3) is 0.421. The van der Waals surface area contributed by atoms with Crippen molar-refractivity contribution < 1.29 is 18.7 Å². The highest BCUT2D eigenvalue weighted by molar-refractivity contribution is 7.97. The lowest BCUT2D eigenvalue weighted by molar-refractivity contribution is -0.136. The number of rotatable bonds is 6. The molecule has 1 aliphatic heterocycles. The first-order chi connectivity index (χ1) is 11.9. The van der Waals surface area contributed by atoms with Crippen LogP contribution in [-0.2, 0) is 17.8 Å². The van der Waals surface area contributed by atoms with E-state index >= 15 is 0 Å². The van der Waals surface area contributed by atoms with Crippen molar-refractivity contribution in [2.75, 3.05) is 6.54 Å². The third kappa shape index (κ3) is 5.41. The van der Waals surface area contributed by atoms with Gasteiger partial charge < -0.3 is 5.11 Å². The summed E-state index contributed by atoms with van der Waals surface area (Å²) < 4.78 is 30.3. The highest BCUT2D eigenvalue weighted by Crippen LogP contribution is 2.34. The van der Waals surface area contributed by atoms with E-state index in [9.17, 15) is 13.6 Å². The van der Waals surface area contributed by atoms with Crippen molar-refractivity contribution in [1.29, 1.82) is 0 Å². The van der Waals surface area contributed by atoms with Crippen LogP contribution in [0.4, 0.5) is 8.78 Å². The van der Waals surface area contributed by atoms with Gasteiger partial charge in [0.1, 0.15) is 11.6 Å². The van der Waals surface area contributed by atoms with Gasteiger partial charge in [-0.2, -0.15) is 0 Å². The Bertz CT molecular complexity index is 688. The lowest BCUT2D eigenvalue weighted by atomic mass is 10.1. The second-order valence-corrected chi connectivity index (χ2v) is 7.29. The first-order valence-corrected chi connectivity index (χ1v) is 9.17. The Morgan fingerprint density at radius 2 is 2.00 bits per heavy atom. The van der Waals surface area contributed by atoms with Crippen LogP contribution >= 0.6 is 11.9 Å². The Hall–Kier alpha value is -1.66. The molecule has 1 fully saturated rings. The largest absolute Gasteiger partial charge is 0.481 e. The highest BCUT2D eigenvalue weighted by Gasteiger charge is 2.24. The smallest absolute Gasteiger partial charge is 0.307 e. The van der Waals surface area contributed by atoms with Gasteiger partial charge in [-0.3, -0.25) is 4.79 Å². The van der Waals surface area contributed by atoms with E-state index in [1.807, 2.05) is 19.9 Å². The predicted octanol–water partition coefficient (Wildman–Crippen LogP) is 4.73. The Morgan fingerprint density at radius 1 is 1.32 bits per heavy atom. The van der Waals surface area contributed by atoms with Crippen molar-refractivity contribution in [2.24, 2.45) is 0 Å². The molecule has 6 heteroatoms. The number of hydrogen-bond acceptors (Lipinski definition) is 3. The van der Waals surface area contributed by atoms with Crippen molar-refractivity contribution in [3.8, 4) is 0 Å². The lowest BCUT2D eigenvalue weighted by Crippen LogP contribution is -2.28. The molecular weight excluding hydrogens is 344 g/mol. The number of carboxylic acids is 1. The monoisotopic (exact) mass is 367 g/mol. The third-order valence-corrected chi connectivity index (χ3v) is 5.49. The summed E-state index contributed by atoms with van der Waals surface area (Å²) in [6.07, 6.45) is 7.71. The van der Waals surface area contributed by atoms with Crippen LogP contribution < -0.4 is 0 Å². The van der Waals surface area contributed by atoms with Crippen LogP contribution in [0.2, 0.25) is 0 Å². The molecule has 1 aliphatic rings. The molecular formula is C19H23F2NO2S. The van der Waals surface area contributed by atoms with E-state index in [-0.39, 0.29) is 11.1 Å². The molecule has 3 nitrogen and oxygen atoms in total. The van der Waals surface area contributed by atoms with Gasteiger partial charge in [-0.1, -0.05) is 30.2 Å². The van der Waals surface area contributed by atoms with Gasteiger partial charge in [-0.15, -0.1) is 0 Å². The molecule has 1 heterocycles. The van der Waals surface area contributed by atoms with Gasteiger partial charge >= 0.3 is 5.97 Å². The maximum absolute atomic E-state index is 14.3. The Labute approximate surface area is 151 Å². The van der Waals surface area contributed by atoms with Crippen LogP contribution in [0, 0.1) is 11.6 Å². The van der Waals surface area contributed by atoms with Crippen molar-refractivity contribution in [3.63, 3.8) is 0 Å². The van der Waals surface area contributed by atoms with Crippen LogP contribution in [0.5, 0.6) is 0 Å². The molecule has 0 amide bonds. The second kappa shape index (κ2) is 9.15. The van der Waals surface area contributed by atoms with Crippen LogP contribution in [0.1, 0.15) is 37.8 Å². The van der Waals surface area contributed by atoms with E-state index in [1.165, 1.54) is 5.57 Å². The molecule has 1 atom stereocenters. The van der Waals surface area contributed by atoms with Gasteiger partial charge in [-0.05, 0) is 44.4 Å². The molecule has 1 aromatic rings. The zero-order valence-corrected chi connectivity index (χ0v) is 15.3. The Morgan fingerprint density at radius 3 is 2.64 bits per heavy atom. The summed E-state index contributed by atoms with van der Waals surface area (Å²) in [4.78, 5) is 10.7. The zero-order chi connectivity index (χ0) is 18.4. The van der Waals surface area contributed by atoms with Crippen LogP contribution in [0.15, 0.2) is 35.9 Å². The normalized spacial score (nSPS) is 19.5. The number of hydrogen-bond donors (Lipinski definition) is 1. The standard InChI is InChI=1S/C19H23F2NO2S/c1-3-6-13(4-2)18-7-5-8-22(25-18)12-15-10-16(20)14(9-17(15)21)11-19(23)24/h3-4,6,9-10,18H,5,7-8,11-12H2,1-2H3,(H,23,24)/b6-3-,13-4+. The van der Waals surface area contributed by atoms with E-state index in [4.69, 9.17) is 5.11 Å². The number of nitrogens with zero attached hydrogens (tertiary/aromatic N) is 1. The number of benzene rings is 1. The quantitative estimate of drug-likeness (QED) is 0.583. The average Bonchev–Trinajstić information content (AvgIpc) is 2.57. The van der Waals surface area contributed by atoms with Crippen molar-refractivity contribution in [2.45, 2.75) is 44.9 Å². The average molecular weight is 367 g/mol. The van der Waals surface area contributed by atoms with Gasteiger partial charge in [0.15, 0.2) is 0 Å². The first kappa shape index (κ1) is 19.7. The molecule has 0 saturated carbocycles. The summed E-state index contributed by atoms with van der Waals surface area (Å²) in [5.41, 5.74) is 1.37. The van der Waals surface area contributed by atoms with E-state index in [1.54, 1.807) is 11.9 Å². The summed E-state index contributed by atoms with van der Waals surface area (Å²) in [6.45, 7) is 5.09. The topological polar surface area (TPSA) is 40.5 Å². The molecule has 1 aromatic carbocycles. The highest BCUT2D eigenvalue weighted by atomic mass is 32.2. The minimum Gasteiger partial charge on any atom is -0.481 e. The molecule has 0 bridgehead atoms. The van der Waals surface area contributed by atoms with E-state index in [0.29, 0.717) is 11.8 Å². The second-order valence-electron chi connectivity index (χ2n) is 5.99. The molecule has 25 heavy (non-hydrogen) atoms. The molecule has 2 rings (SSSR count). The van der Waals surface area contributed by atoms with E-state index in [0.717, 1.165) is 31.5 Å². The van der Waals surface area contributed by atoms with Crippen LogP contribution in [-0.4, -0.2) is 27.2 Å². The van der Waals surface area contributed by atoms with Gasteiger partial charge in [0.05, 0.1) is 6.42 Å². The molecule has 1 saturated heterocycles. The number of carboxylic acid groups (broad SMARTS) is 1. The number of allylic oxidation sites excluding steroid dienone is 3. The summed E-state index contributed by atoms with van der Waals surface area (Å²) in [6, 6.07) is 2.13. The summed E-state index contributed by atoms with van der Waals surface area (Å²) >= 11 is 1.66. The van der Waals surface area contributed by atoms with Gasteiger partial charge in [0.25, 0.3) is 0 Å². The zero-order valence-electron chi connectivity index (χ0n) is 14.5. The maximum Gasteiger partial charge on any atom is 0.307 e. The third-order valence-electron chi connectivity index (χ3n) is 4.12. The SMILES string of the molecule is C/C=C\C(=C/C)C1CCCN(Cc2cc(F)c(CC(=O)O)cc2F)S1. The van der Waals surface area contributed by atoms with E-state index in [2.05, 4.69) is 16.5 Å². The molecule has 0 aliphatic carbocycles. The number of aliphatic carboxylic acids is 1. The van der Waals surface area contributed by atoms with Crippen molar-refractivity contribution >= 4 is 17.9 Å². The van der Waals surface area contributed by atoms with Gasteiger partial charge in [0.2, 0.25) is 0 Å². The fourth-order valence-electron chi connectivity index (χ4n) is 2.90. The van der Waals surface area contributed by atoms with E-state index < -0.39 is 24.0 Å². The molecule has 1 N–H and O–H groups in total. The number of halogens is 2. The van der Waals surface area contributed by atoms with Gasteiger partial charge in [-0.25, -0.2) is 13.1 Å². The predicted molar refractivity (Wildman–Crippen MR) is 97.3 cm³/mol. The first-order valence-electron chi connectivity index (χ1n) is 8.33. The summed E-state index contributed by atoms with van der Waals surface area (Å²) in [7, 11) is 0. The van der Waals surface area contributed by atoms with Crippen molar-refractivity contribution in [3.05, 3.63) is 58.7 Å². The fourth-order valence-corrected chi connectivity index (χ4v) is 4.32. The number of carbonyl (C=O) groups is 1.